The van der Waals surface area contributed by atoms with Gasteiger partial charge in [-0.2, -0.15) is 0 Å². The topological polar surface area (TPSA) is 70.2 Å². The number of para-hydroxylation sites is 1. The van der Waals surface area contributed by atoms with Gasteiger partial charge in [0.2, 0.25) is 0 Å². The van der Waals surface area contributed by atoms with E-state index < -0.39 is 9.84 Å². The van der Waals surface area contributed by atoms with Gasteiger partial charge in [0.05, 0.1) is 17.5 Å². The number of anilines is 1. The first kappa shape index (κ1) is 12.8. The van der Waals surface area contributed by atoms with Gasteiger partial charge in [-0.05, 0) is 30.4 Å². The van der Waals surface area contributed by atoms with Gasteiger partial charge in [0.25, 0.3) is 0 Å². The van der Waals surface area contributed by atoms with Gasteiger partial charge in [-0.15, -0.1) is 0 Å². The van der Waals surface area contributed by atoms with Crippen molar-refractivity contribution >= 4 is 32.9 Å². The van der Waals surface area contributed by atoms with E-state index in [9.17, 15) is 8.42 Å². The van der Waals surface area contributed by atoms with Crippen LogP contribution in [0.5, 0.6) is 0 Å². The summed E-state index contributed by atoms with van der Waals surface area (Å²) in [7, 11) is -3.06. The number of rotatable bonds is 3. The van der Waals surface area contributed by atoms with Gasteiger partial charge < -0.3 is 5.32 Å². The number of hydrogen-bond acceptors (Lipinski definition) is 4. The van der Waals surface area contributed by atoms with Gasteiger partial charge in [0.1, 0.15) is 0 Å². The third-order valence-corrected chi connectivity index (χ3v) is 3.96. The summed E-state index contributed by atoms with van der Waals surface area (Å²) in [6.07, 6.45) is 1.59. The number of nitrogens with one attached hydrogen (secondary N) is 3. The third-order valence-electron chi connectivity index (χ3n) is 2.34. The highest BCUT2D eigenvalue weighted by Crippen LogP contribution is 2.07. The average Bonchev–Trinajstić information content (AvgIpc) is 2.67. The Balaban J connectivity index is 1.79. The quantitative estimate of drug-likeness (QED) is 0.563. The standard InChI is InChI=1S/C11H13N3O2S2/c15-18(16)7-6-10(8-18)12-11(17)14-13-9-4-2-1-3-5-9/h1-7,10,13H,8H2,(H2,12,14,17). The van der Waals surface area contributed by atoms with Gasteiger partial charge in [-0.1, -0.05) is 18.2 Å². The molecule has 1 aliphatic rings. The van der Waals surface area contributed by atoms with E-state index in [4.69, 9.17) is 12.2 Å². The third kappa shape index (κ3) is 3.71. The van der Waals surface area contributed by atoms with Gasteiger partial charge in [0.15, 0.2) is 14.9 Å². The van der Waals surface area contributed by atoms with Crippen LogP contribution in [0.2, 0.25) is 0 Å². The van der Waals surface area contributed by atoms with E-state index in [1.807, 2.05) is 30.3 Å². The molecule has 96 valence electrons. The summed E-state index contributed by atoms with van der Waals surface area (Å²) in [5.41, 5.74) is 6.58. The maximum atomic E-state index is 11.2. The summed E-state index contributed by atoms with van der Waals surface area (Å²) in [6, 6.07) is 9.20. The van der Waals surface area contributed by atoms with Crippen molar-refractivity contribution in [2.45, 2.75) is 6.04 Å². The molecular formula is C11H13N3O2S2. The minimum atomic E-state index is -3.06. The fourth-order valence-corrected chi connectivity index (χ4v) is 2.96. The first-order valence-corrected chi connectivity index (χ1v) is 7.46. The normalized spacial score (nSPS) is 20.3. The second-order valence-electron chi connectivity index (χ2n) is 3.85. The monoisotopic (exact) mass is 283 g/mol. The van der Waals surface area contributed by atoms with Crippen LogP contribution in [0, 0.1) is 0 Å². The van der Waals surface area contributed by atoms with Crippen molar-refractivity contribution in [3.63, 3.8) is 0 Å². The molecule has 7 heteroatoms. The Bertz CT molecular complexity index is 555. The van der Waals surface area contributed by atoms with E-state index in [0.717, 1.165) is 5.69 Å². The predicted octanol–water partition coefficient (Wildman–Crippen LogP) is 0.788. The van der Waals surface area contributed by atoms with Gasteiger partial charge in [-0.25, -0.2) is 8.42 Å². The number of sulfone groups is 1. The van der Waals surface area contributed by atoms with E-state index in [2.05, 4.69) is 16.2 Å². The molecule has 1 aromatic rings. The molecule has 5 nitrogen and oxygen atoms in total. The number of benzene rings is 1. The molecule has 0 fully saturated rings. The minimum absolute atomic E-state index is 0.0418. The van der Waals surface area contributed by atoms with Crippen molar-refractivity contribution in [1.82, 2.24) is 10.7 Å². The summed E-state index contributed by atoms with van der Waals surface area (Å²) < 4.78 is 22.4. The maximum Gasteiger partial charge on any atom is 0.185 e. The summed E-state index contributed by atoms with van der Waals surface area (Å²) >= 11 is 5.05. The Labute approximate surface area is 111 Å². The van der Waals surface area contributed by atoms with Crippen molar-refractivity contribution in [1.29, 1.82) is 0 Å². The predicted molar refractivity (Wildman–Crippen MR) is 75.6 cm³/mol. The maximum absolute atomic E-state index is 11.2. The second-order valence-corrected chi connectivity index (χ2v) is 6.19. The van der Waals surface area contributed by atoms with E-state index in [-0.39, 0.29) is 11.8 Å². The molecule has 1 heterocycles. The molecule has 0 aromatic heterocycles. The molecule has 0 amide bonds. The Morgan fingerprint density at radius 1 is 1.28 bits per heavy atom. The Morgan fingerprint density at radius 2 is 2.00 bits per heavy atom. The second kappa shape index (κ2) is 5.36. The molecule has 2 rings (SSSR count). The smallest absolute Gasteiger partial charge is 0.185 e. The molecule has 0 bridgehead atoms. The van der Waals surface area contributed by atoms with Crippen molar-refractivity contribution in [2.24, 2.45) is 0 Å². The number of thiocarbonyl (C=S) groups is 1. The highest BCUT2D eigenvalue weighted by molar-refractivity contribution is 7.94. The van der Waals surface area contributed by atoms with Crippen LogP contribution in [0.25, 0.3) is 0 Å². The van der Waals surface area contributed by atoms with Gasteiger partial charge >= 0.3 is 0 Å². The molecule has 1 atom stereocenters. The van der Waals surface area contributed by atoms with Crippen LogP contribution < -0.4 is 16.2 Å². The highest BCUT2D eigenvalue weighted by atomic mass is 32.2. The van der Waals surface area contributed by atoms with Crippen molar-refractivity contribution in [3.8, 4) is 0 Å². The lowest BCUT2D eigenvalue weighted by molar-refractivity contribution is 0.602. The lowest BCUT2D eigenvalue weighted by Crippen LogP contribution is -2.44. The Hall–Kier alpha value is -1.60. The van der Waals surface area contributed by atoms with E-state index in [1.165, 1.54) is 5.41 Å². The van der Waals surface area contributed by atoms with Crippen LogP contribution in [-0.4, -0.2) is 25.3 Å². The summed E-state index contributed by atoms with van der Waals surface area (Å²) in [5.74, 6) is 0.0418. The minimum Gasteiger partial charge on any atom is -0.354 e. The van der Waals surface area contributed by atoms with Gasteiger partial charge in [-0.3, -0.25) is 10.9 Å². The average molecular weight is 283 g/mol. The molecule has 3 N–H and O–H groups in total. The van der Waals surface area contributed by atoms with E-state index in [0.29, 0.717) is 5.11 Å². The molecule has 0 radical (unpaired) electrons. The molecule has 1 aliphatic heterocycles. The zero-order chi connectivity index (χ0) is 13.0. The van der Waals surface area contributed by atoms with Crippen LogP contribution in [0.3, 0.4) is 0 Å². The zero-order valence-corrected chi connectivity index (χ0v) is 11.1. The molecule has 1 aromatic carbocycles. The van der Waals surface area contributed by atoms with Crippen molar-refractivity contribution < 1.29 is 8.42 Å². The summed E-state index contributed by atoms with van der Waals surface area (Å²) in [4.78, 5) is 0. The van der Waals surface area contributed by atoms with E-state index in [1.54, 1.807) is 6.08 Å². The van der Waals surface area contributed by atoms with Gasteiger partial charge in [0, 0.05) is 5.41 Å². The lowest BCUT2D eigenvalue weighted by atomic mass is 10.3. The summed E-state index contributed by atoms with van der Waals surface area (Å²) in [6.45, 7) is 0. The van der Waals surface area contributed by atoms with Crippen LogP contribution >= 0.6 is 12.2 Å². The molecule has 0 aliphatic carbocycles. The molecule has 0 saturated heterocycles. The zero-order valence-electron chi connectivity index (χ0n) is 9.46. The SMILES string of the molecule is O=S1(=O)C=CC(NC(=S)NNc2ccccc2)C1. The lowest BCUT2D eigenvalue weighted by Gasteiger charge is -2.15. The number of hydrogen-bond donors (Lipinski definition) is 3. The molecule has 0 saturated carbocycles. The first-order valence-electron chi connectivity index (χ1n) is 5.34. The molecular weight excluding hydrogens is 270 g/mol. The fraction of sp³-hybridized carbons (Fsp3) is 0.182. The van der Waals surface area contributed by atoms with E-state index >= 15 is 0 Å². The van der Waals surface area contributed by atoms with Crippen LogP contribution in [0.1, 0.15) is 0 Å². The molecule has 0 spiro atoms. The van der Waals surface area contributed by atoms with Crippen molar-refractivity contribution in [2.75, 3.05) is 11.2 Å². The summed E-state index contributed by atoms with van der Waals surface area (Å²) in [5, 5.41) is 4.46. The van der Waals surface area contributed by atoms with Crippen molar-refractivity contribution in [3.05, 3.63) is 41.8 Å². The largest absolute Gasteiger partial charge is 0.354 e. The molecule has 1 unspecified atom stereocenters. The Kier molecular flexibility index (Phi) is 3.83. The Morgan fingerprint density at radius 3 is 2.61 bits per heavy atom. The first-order chi connectivity index (χ1) is 8.55. The molecule has 18 heavy (non-hydrogen) atoms. The van der Waals surface area contributed by atoms with Crippen LogP contribution in [-0.2, 0) is 9.84 Å². The van der Waals surface area contributed by atoms with Crippen LogP contribution in [0.15, 0.2) is 41.8 Å². The number of hydrazine groups is 1. The fourth-order valence-electron chi connectivity index (χ4n) is 1.52. The van der Waals surface area contributed by atoms with Crippen LogP contribution in [0.4, 0.5) is 5.69 Å². The highest BCUT2D eigenvalue weighted by Gasteiger charge is 2.21.